The van der Waals surface area contributed by atoms with Crippen LogP contribution in [0.25, 0.3) is 0 Å². The summed E-state index contributed by atoms with van der Waals surface area (Å²) in [4.78, 5) is 11.7. The van der Waals surface area contributed by atoms with Crippen molar-refractivity contribution in [1.29, 1.82) is 0 Å². The highest BCUT2D eigenvalue weighted by Gasteiger charge is 2.04. The number of hydrogen-bond donors (Lipinski definition) is 2. The van der Waals surface area contributed by atoms with Gasteiger partial charge in [-0.1, -0.05) is 54.6 Å². The Morgan fingerprint density at radius 1 is 1.00 bits per heavy atom. The minimum Gasteiger partial charge on any atom is -0.337 e. The van der Waals surface area contributed by atoms with E-state index in [0.29, 0.717) is 24.6 Å². The number of benzene rings is 2. The minimum atomic E-state index is -0.973. The molecule has 2 amide bonds. The van der Waals surface area contributed by atoms with Gasteiger partial charge in [-0.3, -0.25) is 4.21 Å². The number of hydrogen-bond acceptors (Lipinski definition) is 2. The van der Waals surface area contributed by atoms with Crippen molar-refractivity contribution in [2.45, 2.75) is 19.2 Å². The van der Waals surface area contributed by atoms with Crippen LogP contribution in [0.5, 0.6) is 0 Å². The number of aryl methyl sites for hydroxylation is 1. The molecule has 1 atom stereocenters. The van der Waals surface area contributed by atoms with E-state index in [1.54, 1.807) is 0 Å². The van der Waals surface area contributed by atoms with Gasteiger partial charge in [0.15, 0.2) is 0 Å². The zero-order valence-electron chi connectivity index (χ0n) is 13.2. The van der Waals surface area contributed by atoms with Crippen LogP contribution in [0.1, 0.15) is 16.7 Å². The van der Waals surface area contributed by atoms with Crippen molar-refractivity contribution in [3.63, 3.8) is 0 Å². The largest absolute Gasteiger partial charge is 0.337 e. The molecule has 0 unspecified atom stereocenters. The first kappa shape index (κ1) is 17.2. The Morgan fingerprint density at radius 3 is 2.43 bits per heavy atom. The number of nitrogens with one attached hydrogen (secondary N) is 2. The van der Waals surface area contributed by atoms with Gasteiger partial charge in [0.2, 0.25) is 0 Å². The first-order valence-electron chi connectivity index (χ1n) is 7.60. The highest BCUT2D eigenvalue weighted by molar-refractivity contribution is 7.84. The van der Waals surface area contributed by atoms with E-state index in [1.807, 2.05) is 61.5 Å². The van der Waals surface area contributed by atoms with E-state index in [4.69, 9.17) is 0 Å². The number of rotatable bonds is 7. The second-order valence-electron chi connectivity index (χ2n) is 5.31. The molecule has 0 saturated heterocycles. The van der Waals surface area contributed by atoms with Crippen molar-refractivity contribution < 1.29 is 9.00 Å². The lowest BCUT2D eigenvalue weighted by atomic mass is 10.1. The topological polar surface area (TPSA) is 58.2 Å². The van der Waals surface area contributed by atoms with Crippen LogP contribution in [0.15, 0.2) is 54.6 Å². The van der Waals surface area contributed by atoms with Gasteiger partial charge >= 0.3 is 6.03 Å². The van der Waals surface area contributed by atoms with Crippen LogP contribution in [0.3, 0.4) is 0 Å². The van der Waals surface area contributed by atoms with Crippen LogP contribution in [0.4, 0.5) is 4.79 Å². The van der Waals surface area contributed by atoms with E-state index in [1.165, 1.54) is 0 Å². The smallest absolute Gasteiger partial charge is 0.315 e. The summed E-state index contributed by atoms with van der Waals surface area (Å²) in [5.74, 6) is 0.972. The third-order valence-corrected chi connectivity index (χ3v) is 4.80. The van der Waals surface area contributed by atoms with Gasteiger partial charge in [-0.05, 0) is 23.6 Å². The molecule has 0 fully saturated rings. The normalized spacial score (nSPS) is 11.7. The van der Waals surface area contributed by atoms with Gasteiger partial charge in [0, 0.05) is 35.4 Å². The molecule has 23 heavy (non-hydrogen) atoms. The predicted octanol–water partition coefficient (Wildman–Crippen LogP) is 2.74. The van der Waals surface area contributed by atoms with Gasteiger partial charge in [0.05, 0.1) is 0 Å². The highest BCUT2D eigenvalue weighted by atomic mass is 32.2. The molecule has 4 nitrogen and oxygen atoms in total. The standard InChI is InChI=1S/C18H22N2O2S/c1-15-7-5-6-10-17(15)13-20-18(21)19-11-12-23(22)14-16-8-3-2-4-9-16/h2-10H,11-14H2,1H3,(H2,19,20,21)/t23-/m1/s1. The lowest BCUT2D eigenvalue weighted by Crippen LogP contribution is -2.37. The monoisotopic (exact) mass is 330 g/mol. The van der Waals surface area contributed by atoms with Crippen molar-refractivity contribution in [2.24, 2.45) is 0 Å². The van der Waals surface area contributed by atoms with Gasteiger partial charge < -0.3 is 10.6 Å². The lowest BCUT2D eigenvalue weighted by molar-refractivity contribution is 0.241. The van der Waals surface area contributed by atoms with Crippen LogP contribution in [0.2, 0.25) is 0 Å². The third-order valence-electron chi connectivity index (χ3n) is 3.49. The van der Waals surface area contributed by atoms with E-state index in [-0.39, 0.29) is 6.03 Å². The summed E-state index contributed by atoms with van der Waals surface area (Å²) in [5.41, 5.74) is 3.29. The number of carbonyl (C=O) groups excluding carboxylic acids is 1. The van der Waals surface area contributed by atoms with Crippen molar-refractivity contribution in [1.82, 2.24) is 10.6 Å². The molecule has 0 aliphatic rings. The maximum Gasteiger partial charge on any atom is 0.315 e. The first-order valence-corrected chi connectivity index (χ1v) is 9.09. The van der Waals surface area contributed by atoms with Gasteiger partial charge in [-0.15, -0.1) is 0 Å². The van der Waals surface area contributed by atoms with Gasteiger partial charge in [0.1, 0.15) is 0 Å². The van der Waals surface area contributed by atoms with Crippen LogP contribution in [-0.2, 0) is 23.1 Å². The Morgan fingerprint density at radius 2 is 1.70 bits per heavy atom. The summed E-state index contributed by atoms with van der Waals surface area (Å²) in [5, 5.41) is 5.56. The fourth-order valence-electron chi connectivity index (χ4n) is 2.16. The van der Waals surface area contributed by atoms with Crippen molar-refractivity contribution >= 4 is 16.8 Å². The molecule has 2 rings (SSSR count). The molecular weight excluding hydrogens is 308 g/mol. The molecule has 0 aliphatic heterocycles. The maximum atomic E-state index is 12.0. The Kier molecular flexibility index (Phi) is 6.81. The van der Waals surface area contributed by atoms with Crippen molar-refractivity contribution in [2.75, 3.05) is 12.3 Å². The molecule has 122 valence electrons. The average molecular weight is 330 g/mol. The predicted molar refractivity (Wildman–Crippen MR) is 94.6 cm³/mol. The van der Waals surface area contributed by atoms with Crippen LogP contribution >= 0.6 is 0 Å². The molecular formula is C18H22N2O2S. The van der Waals surface area contributed by atoms with E-state index in [9.17, 15) is 9.00 Å². The van der Waals surface area contributed by atoms with Crippen LogP contribution < -0.4 is 10.6 Å². The second-order valence-corrected chi connectivity index (χ2v) is 6.89. The summed E-state index contributed by atoms with van der Waals surface area (Å²) in [6.45, 7) is 2.91. The maximum absolute atomic E-state index is 12.0. The van der Waals surface area contributed by atoms with Crippen LogP contribution in [-0.4, -0.2) is 22.5 Å². The Balaban J connectivity index is 1.65. The van der Waals surface area contributed by atoms with E-state index < -0.39 is 10.8 Å². The Labute approximate surface area is 139 Å². The summed E-state index contributed by atoms with van der Waals surface area (Å²) < 4.78 is 12.0. The average Bonchev–Trinajstić information content (AvgIpc) is 2.55. The lowest BCUT2D eigenvalue weighted by Gasteiger charge is -2.09. The Bertz CT molecular complexity index is 659. The second kappa shape index (κ2) is 9.10. The first-order chi connectivity index (χ1) is 11.1. The summed E-state index contributed by atoms with van der Waals surface area (Å²) in [6, 6.07) is 17.4. The summed E-state index contributed by atoms with van der Waals surface area (Å²) >= 11 is 0. The van der Waals surface area contributed by atoms with Gasteiger partial charge in [0.25, 0.3) is 0 Å². The zero-order chi connectivity index (χ0) is 16.5. The molecule has 2 N–H and O–H groups in total. The molecule has 0 aliphatic carbocycles. The molecule has 0 heterocycles. The van der Waals surface area contributed by atoms with E-state index >= 15 is 0 Å². The molecule has 0 bridgehead atoms. The molecule has 0 spiro atoms. The third kappa shape index (κ3) is 6.24. The summed E-state index contributed by atoms with van der Waals surface area (Å²) in [7, 11) is -0.973. The molecule has 0 radical (unpaired) electrons. The molecule has 2 aromatic carbocycles. The molecule has 0 aromatic heterocycles. The van der Waals surface area contributed by atoms with Gasteiger partial charge in [-0.2, -0.15) is 0 Å². The molecule has 5 heteroatoms. The SMILES string of the molecule is Cc1ccccc1CNC(=O)NCC[S@@](=O)Cc1ccccc1. The number of amides is 2. The fraction of sp³-hybridized carbons (Fsp3) is 0.278. The van der Waals surface area contributed by atoms with Crippen LogP contribution in [0, 0.1) is 6.92 Å². The number of urea groups is 1. The van der Waals surface area contributed by atoms with E-state index in [2.05, 4.69) is 10.6 Å². The Hall–Kier alpha value is -2.14. The van der Waals surface area contributed by atoms with E-state index in [0.717, 1.165) is 16.7 Å². The van der Waals surface area contributed by atoms with Crippen molar-refractivity contribution in [3.8, 4) is 0 Å². The molecule has 2 aromatic rings. The van der Waals surface area contributed by atoms with Crippen molar-refractivity contribution in [3.05, 3.63) is 71.3 Å². The zero-order valence-corrected chi connectivity index (χ0v) is 14.1. The highest BCUT2D eigenvalue weighted by Crippen LogP contribution is 2.06. The fourth-order valence-corrected chi connectivity index (χ4v) is 3.20. The quantitative estimate of drug-likeness (QED) is 0.820. The van der Waals surface area contributed by atoms with Gasteiger partial charge in [-0.25, -0.2) is 4.79 Å². The number of carbonyl (C=O) groups is 1. The summed E-state index contributed by atoms with van der Waals surface area (Å²) in [6.07, 6.45) is 0. The molecule has 0 saturated carbocycles. The minimum absolute atomic E-state index is 0.232.